The van der Waals surface area contributed by atoms with Gasteiger partial charge in [0.05, 0.1) is 4.92 Å². The van der Waals surface area contributed by atoms with Gasteiger partial charge in [-0.25, -0.2) is 0 Å². The Kier molecular flexibility index (Phi) is 6.81. The first-order chi connectivity index (χ1) is 9.53. The number of nitro benzene ring substituents is 1. The molecule has 0 aliphatic rings. The molecule has 1 aromatic carbocycles. The Labute approximate surface area is 124 Å². The van der Waals surface area contributed by atoms with Crippen LogP contribution in [0, 0.1) is 10.1 Å². The van der Waals surface area contributed by atoms with Crippen LogP contribution < -0.4 is 5.32 Å². The predicted molar refractivity (Wildman–Crippen MR) is 86.6 cm³/mol. The van der Waals surface area contributed by atoms with Gasteiger partial charge in [0.15, 0.2) is 0 Å². The molecule has 20 heavy (non-hydrogen) atoms. The average molecular weight is 297 g/mol. The SMILES string of the molecule is CCC(CSC)N(C)Cc1ccc(NC)c([N+](=O)[O-])c1. The Hall–Kier alpha value is -1.27. The number of benzene rings is 1. The Bertz CT molecular complexity index is 454. The van der Waals surface area contributed by atoms with Crippen LogP contribution in [0.4, 0.5) is 11.4 Å². The van der Waals surface area contributed by atoms with E-state index >= 15 is 0 Å². The molecule has 0 radical (unpaired) electrons. The highest BCUT2D eigenvalue weighted by atomic mass is 32.2. The van der Waals surface area contributed by atoms with Crippen molar-refractivity contribution in [2.24, 2.45) is 0 Å². The average Bonchev–Trinajstić information content (AvgIpc) is 2.44. The van der Waals surface area contributed by atoms with Crippen LogP contribution in [-0.2, 0) is 6.54 Å². The smallest absolute Gasteiger partial charge is 0.292 e. The molecule has 5 nitrogen and oxygen atoms in total. The van der Waals surface area contributed by atoms with E-state index in [0.29, 0.717) is 11.7 Å². The van der Waals surface area contributed by atoms with Gasteiger partial charge in [0.2, 0.25) is 0 Å². The lowest BCUT2D eigenvalue weighted by Gasteiger charge is -2.26. The van der Waals surface area contributed by atoms with Gasteiger partial charge < -0.3 is 5.32 Å². The third-order valence-corrected chi connectivity index (χ3v) is 4.13. The summed E-state index contributed by atoms with van der Waals surface area (Å²) in [5.74, 6) is 1.07. The lowest BCUT2D eigenvalue weighted by Crippen LogP contribution is -2.32. The number of thioether (sulfide) groups is 1. The second-order valence-corrected chi connectivity index (χ2v) is 5.70. The summed E-state index contributed by atoms with van der Waals surface area (Å²) in [7, 11) is 3.77. The minimum atomic E-state index is -0.339. The molecule has 0 saturated carbocycles. The van der Waals surface area contributed by atoms with Gasteiger partial charge in [0.1, 0.15) is 5.69 Å². The minimum Gasteiger partial charge on any atom is -0.383 e. The van der Waals surface area contributed by atoms with E-state index in [4.69, 9.17) is 0 Å². The zero-order valence-electron chi connectivity index (χ0n) is 12.5. The molecule has 0 fully saturated rings. The fraction of sp³-hybridized carbons (Fsp3) is 0.571. The third kappa shape index (κ3) is 4.38. The second-order valence-electron chi connectivity index (χ2n) is 4.79. The summed E-state index contributed by atoms with van der Waals surface area (Å²) in [5.41, 5.74) is 1.66. The summed E-state index contributed by atoms with van der Waals surface area (Å²) in [6.07, 6.45) is 3.18. The standard InChI is InChI=1S/C14H23N3O2S/c1-5-12(10-20-4)16(3)9-11-6-7-13(15-2)14(8-11)17(18)19/h6-8,12,15H,5,9-10H2,1-4H3. The van der Waals surface area contributed by atoms with E-state index in [0.717, 1.165) is 24.3 Å². The molecule has 0 heterocycles. The van der Waals surface area contributed by atoms with Gasteiger partial charge in [-0.2, -0.15) is 11.8 Å². The molecule has 0 aliphatic heterocycles. The van der Waals surface area contributed by atoms with E-state index in [-0.39, 0.29) is 10.6 Å². The zero-order chi connectivity index (χ0) is 15.1. The summed E-state index contributed by atoms with van der Waals surface area (Å²) in [6, 6.07) is 5.87. The molecule has 1 aromatic rings. The molecule has 0 saturated heterocycles. The Morgan fingerprint density at radius 2 is 2.20 bits per heavy atom. The number of hydrogen-bond donors (Lipinski definition) is 1. The number of rotatable bonds is 8. The maximum absolute atomic E-state index is 11.1. The van der Waals surface area contributed by atoms with Crippen LogP contribution in [0.15, 0.2) is 18.2 Å². The number of nitro groups is 1. The second kappa shape index (κ2) is 8.11. The van der Waals surface area contributed by atoms with Crippen LogP contribution >= 0.6 is 11.8 Å². The molecule has 0 bridgehead atoms. The van der Waals surface area contributed by atoms with Crippen molar-refractivity contribution in [3.05, 3.63) is 33.9 Å². The molecular formula is C14H23N3O2S. The van der Waals surface area contributed by atoms with Crippen molar-refractivity contribution in [3.8, 4) is 0 Å². The van der Waals surface area contributed by atoms with E-state index in [1.165, 1.54) is 0 Å². The van der Waals surface area contributed by atoms with Crippen molar-refractivity contribution in [3.63, 3.8) is 0 Å². The molecule has 0 amide bonds. The largest absolute Gasteiger partial charge is 0.383 e. The monoisotopic (exact) mass is 297 g/mol. The van der Waals surface area contributed by atoms with Gasteiger partial charge in [-0.1, -0.05) is 13.0 Å². The first kappa shape index (κ1) is 16.8. The van der Waals surface area contributed by atoms with Crippen LogP contribution in [0.25, 0.3) is 0 Å². The van der Waals surface area contributed by atoms with E-state index in [2.05, 4.69) is 30.4 Å². The fourth-order valence-corrected chi connectivity index (χ4v) is 3.08. The highest BCUT2D eigenvalue weighted by Crippen LogP contribution is 2.26. The quantitative estimate of drug-likeness (QED) is 0.590. The molecule has 1 atom stereocenters. The Balaban J connectivity index is 2.87. The molecule has 0 aromatic heterocycles. The molecule has 1 unspecified atom stereocenters. The van der Waals surface area contributed by atoms with Crippen molar-refractivity contribution in [2.45, 2.75) is 25.9 Å². The van der Waals surface area contributed by atoms with Crippen LogP contribution in [-0.4, -0.2) is 42.0 Å². The highest BCUT2D eigenvalue weighted by Gasteiger charge is 2.16. The summed E-state index contributed by atoms with van der Waals surface area (Å²) in [6.45, 7) is 2.90. The van der Waals surface area contributed by atoms with Gasteiger partial charge in [-0.15, -0.1) is 0 Å². The zero-order valence-corrected chi connectivity index (χ0v) is 13.4. The van der Waals surface area contributed by atoms with Crippen LogP contribution in [0.1, 0.15) is 18.9 Å². The van der Waals surface area contributed by atoms with Gasteiger partial charge in [-0.05, 0) is 31.4 Å². The van der Waals surface area contributed by atoms with Crippen molar-refractivity contribution < 1.29 is 4.92 Å². The molecule has 1 rings (SSSR count). The lowest BCUT2D eigenvalue weighted by atomic mass is 10.1. The topological polar surface area (TPSA) is 58.4 Å². The number of hydrogen-bond acceptors (Lipinski definition) is 5. The summed E-state index contributed by atoms with van der Waals surface area (Å²) in [4.78, 5) is 13.0. The Morgan fingerprint density at radius 3 is 2.70 bits per heavy atom. The van der Waals surface area contributed by atoms with Crippen molar-refractivity contribution in [1.82, 2.24) is 4.90 Å². The summed E-state index contributed by atoms with van der Waals surface area (Å²) < 4.78 is 0. The van der Waals surface area contributed by atoms with Gasteiger partial charge in [0, 0.05) is 31.5 Å². The Morgan fingerprint density at radius 1 is 1.50 bits per heavy atom. The van der Waals surface area contributed by atoms with Gasteiger partial charge in [-0.3, -0.25) is 15.0 Å². The fourth-order valence-electron chi connectivity index (χ4n) is 2.20. The molecular weight excluding hydrogens is 274 g/mol. The predicted octanol–water partition coefficient (Wildman–Crippen LogP) is 3.21. The molecule has 112 valence electrons. The summed E-state index contributed by atoms with van der Waals surface area (Å²) >= 11 is 1.83. The van der Waals surface area contributed by atoms with Crippen LogP contribution in [0.2, 0.25) is 0 Å². The van der Waals surface area contributed by atoms with Crippen LogP contribution in [0.5, 0.6) is 0 Å². The molecule has 0 aliphatic carbocycles. The van der Waals surface area contributed by atoms with Crippen molar-refractivity contribution in [1.29, 1.82) is 0 Å². The molecule has 0 spiro atoms. The van der Waals surface area contributed by atoms with Crippen LogP contribution in [0.3, 0.4) is 0 Å². The van der Waals surface area contributed by atoms with Gasteiger partial charge >= 0.3 is 0 Å². The van der Waals surface area contributed by atoms with E-state index in [1.807, 2.05) is 17.8 Å². The highest BCUT2D eigenvalue weighted by molar-refractivity contribution is 7.98. The van der Waals surface area contributed by atoms with E-state index in [9.17, 15) is 10.1 Å². The van der Waals surface area contributed by atoms with E-state index in [1.54, 1.807) is 19.2 Å². The maximum Gasteiger partial charge on any atom is 0.292 e. The first-order valence-electron chi connectivity index (χ1n) is 6.67. The third-order valence-electron chi connectivity index (χ3n) is 3.41. The van der Waals surface area contributed by atoms with E-state index < -0.39 is 0 Å². The summed E-state index contributed by atoms with van der Waals surface area (Å²) in [5, 5.41) is 13.9. The normalized spacial score (nSPS) is 12.4. The number of nitrogens with one attached hydrogen (secondary N) is 1. The molecule has 6 heteroatoms. The number of anilines is 1. The lowest BCUT2D eigenvalue weighted by molar-refractivity contribution is -0.384. The maximum atomic E-state index is 11.1. The minimum absolute atomic E-state index is 0.135. The first-order valence-corrected chi connectivity index (χ1v) is 8.07. The van der Waals surface area contributed by atoms with Gasteiger partial charge in [0.25, 0.3) is 5.69 Å². The molecule has 1 N–H and O–H groups in total. The van der Waals surface area contributed by atoms with Crippen molar-refractivity contribution in [2.75, 3.05) is 31.4 Å². The van der Waals surface area contributed by atoms with Crippen molar-refractivity contribution >= 4 is 23.1 Å². The number of nitrogens with zero attached hydrogens (tertiary/aromatic N) is 2.